The van der Waals surface area contributed by atoms with E-state index in [1.54, 1.807) is 7.11 Å². The number of hydrogen-bond acceptors (Lipinski definition) is 5. The van der Waals surface area contributed by atoms with Gasteiger partial charge in [0.05, 0.1) is 13.7 Å². The lowest BCUT2D eigenvalue weighted by Gasteiger charge is -2.21. The maximum absolute atomic E-state index is 9.66. The number of methoxy groups -OCH3 is 1. The van der Waals surface area contributed by atoms with Gasteiger partial charge in [0, 0.05) is 11.3 Å². The van der Waals surface area contributed by atoms with Crippen LogP contribution in [0.5, 0.6) is 11.5 Å². The number of unbranched alkanes of at least 4 members (excludes halogenated alkanes) is 1. The Hall–Kier alpha value is -2.74. The van der Waals surface area contributed by atoms with Crippen LogP contribution in [-0.4, -0.2) is 18.7 Å². The van der Waals surface area contributed by atoms with Crippen LogP contribution in [-0.2, 0) is 12.8 Å². The normalized spacial score (nSPS) is 13.0. The molecule has 0 fully saturated rings. The molecule has 0 saturated carbocycles. The molecule has 5 heteroatoms. The third-order valence-electron chi connectivity index (χ3n) is 4.82. The van der Waals surface area contributed by atoms with Crippen LogP contribution in [0.4, 0.5) is 5.82 Å². The smallest absolute Gasteiger partial charge is 0.161 e. The third-order valence-corrected chi connectivity index (χ3v) is 4.82. The molecule has 2 N–H and O–H groups in total. The average Bonchev–Trinajstić information content (AvgIpc) is 2.67. The van der Waals surface area contributed by atoms with Gasteiger partial charge in [0.1, 0.15) is 17.5 Å². The van der Waals surface area contributed by atoms with Gasteiger partial charge in [-0.15, -0.1) is 0 Å². The lowest BCUT2D eigenvalue weighted by molar-refractivity contribution is 0.288. The molecule has 5 nitrogen and oxygen atoms in total. The van der Waals surface area contributed by atoms with Crippen molar-refractivity contribution in [3.05, 3.63) is 35.0 Å². The Labute approximate surface area is 154 Å². The van der Waals surface area contributed by atoms with E-state index in [2.05, 4.69) is 18.0 Å². The first-order valence-electron chi connectivity index (χ1n) is 9.22. The van der Waals surface area contributed by atoms with E-state index in [0.717, 1.165) is 66.7 Å². The molecule has 1 heterocycles. The Morgan fingerprint density at radius 2 is 2.04 bits per heavy atom. The summed E-state index contributed by atoms with van der Waals surface area (Å²) < 4.78 is 11.4. The Balaban J connectivity index is 2.09. The summed E-state index contributed by atoms with van der Waals surface area (Å²) in [6, 6.07) is 8.08. The van der Waals surface area contributed by atoms with E-state index in [4.69, 9.17) is 15.2 Å². The molecule has 1 aromatic heterocycles. The lowest BCUT2D eigenvalue weighted by Crippen LogP contribution is -2.12. The largest absolute Gasteiger partial charge is 0.493 e. The minimum atomic E-state index is 0.311. The molecular weight excluding hydrogens is 326 g/mol. The number of nitrogens with two attached hydrogens (primary N) is 1. The maximum atomic E-state index is 9.66. The van der Waals surface area contributed by atoms with Crippen LogP contribution >= 0.6 is 0 Å². The number of anilines is 1. The molecule has 0 atom stereocenters. The number of fused-ring (bicyclic) bond motifs is 1. The average molecular weight is 351 g/mol. The van der Waals surface area contributed by atoms with Crippen molar-refractivity contribution in [2.75, 3.05) is 19.5 Å². The highest BCUT2D eigenvalue weighted by molar-refractivity contribution is 5.80. The van der Waals surface area contributed by atoms with Gasteiger partial charge in [-0.05, 0) is 55.4 Å². The van der Waals surface area contributed by atoms with Gasteiger partial charge in [0.2, 0.25) is 0 Å². The number of nitriles is 1. The number of aryl methyl sites for hydroxylation is 1. The van der Waals surface area contributed by atoms with Gasteiger partial charge < -0.3 is 15.2 Å². The molecule has 0 saturated heterocycles. The molecule has 1 aromatic carbocycles. The molecule has 0 radical (unpaired) electrons. The summed E-state index contributed by atoms with van der Waals surface area (Å²) in [6.07, 6.45) is 6.12. The summed E-state index contributed by atoms with van der Waals surface area (Å²) in [5.41, 5.74) is 10.5. The Kier molecular flexibility index (Phi) is 5.62. The van der Waals surface area contributed by atoms with Crippen molar-refractivity contribution >= 4 is 5.82 Å². The second kappa shape index (κ2) is 8.09. The van der Waals surface area contributed by atoms with Gasteiger partial charge in [-0.3, -0.25) is 0 Å². The van der Waals surface area contributed by atoms with Crippen molar-refractivity contribution < 1.29 is 9.47 Å². The monoisotopic (exact) mass is 351 g/mol. The fraction of sp³-hybridized carbons (Fsp3) is 0.429. The predicted molar refractivity (Wildman–Crippen MR) is 102 cm³/mol. The van der Waals surface area contributed by atoms with Gasteiger partial charge in [0.15, 0.2) is 11.5 Å². The number of nitrogens with zero attached hydrogens (tertiary/aromatic N) is 2. The van der Waals surface area contributed by atoms with E-state index in [1.807, 2.05) is 18.2 Å². The molecule has 136 valence electrons. The summed E-state index contributed by atoms with van der Waals surface area (Å²) in [4.78, 5) is 4.48. The molecule has 0 spiro atoms. The first-order valence-corrected chi connectivity index (χ1v) is 9.22. The topological polar surface area (TPSA) is 81.2 Å². The van der Waals surface area contributed by atoms with E-state index in [-0.39, 0.29) is 0 Å². The van der Waals surface area contributed by atoms with Crippen LogP contribution in [0.3, 0.4) is 0 Å². The van der Waals surface area contributed by atoms with Gasteiger partial charge >= 0.3 is 0 Å². The molecule has 0 aliphatic heterocycles. The zero-order valence-corrected chi connectivity index (χ0v) is 15.5. The highest BCUT2D eigenvalue weighted by Crippen LogP contribution is 2.39. The standard InChI is InChI=1S/C21H25N3O2/c1-3-4-11-26-18-10-9-14(12-19(18)25-2)20-15-7-5-6-8-17(15)24-21(23)16(20)13-22/h9-10,12H,3-8,11H2,1-2H3,(H2,23,24). The maximum Gasteiger partial charge on any atom is 0.161 e. The highest BCUT2D eigenvalue weighted by atomic mass is 16.5. The summed E-state index contributed by atoms with van der Waals surface area (Å²) in [5, 5.41) is 9.66. The first kappa shape index (κ1) is 18.1. The summed E-state index contributed by atoms with van der Waals surface area (Å²) in [7, 11) is 1.63. The van der Waals surface area contributed by atoms with E-state index >= 15 is 0 Å². The molecule has 2 aromatic rings. The zero-order chi connectivity index (χ0) is 18.5. The van der Waals surface area contributed by atoms with Crippen molar-refractivity contribution in [1.29, 1.82) is 5.26 Å². The molecule has 1 aliphatic rings. The molecule has 0 amide bonds. The number of hydrogen-bond donors (Lipinski definition) is 1. The molecule has 0 unspecified atom stereocenters. The van der Waals surface area contributed by atoms with E-state index < -0.39 is 0 Å². The van der Waals surface area contributed by atoms with Crippen LogP contribution < -0.4 is 15.2 Å². The fourth-order valence-electron chi connectivity index (χ4n) is 3.46. The molecule has 1 aliphatic carbocycles. The van der Waals surface area contributed by atoms with Crippen molar-refractivity contribution in [2.45, 2.75) is 45.4 Å². The summed E-state index contributed by atoms with van der Waals surface area (Å²) >= 11 is 0. The van der Waals surface area contributed by atoms with Gasteiger partial charge in [0.25, 0.3) is 0 Å². The predicted octanol–water partition coefficient (Wildman–Crippen LogP) is 4.27. The van der Waals surface area contributed by atoms with Crippen molar-refractivity contribution in [2.24, 2.45) is 0 Å². The van der Waals surface area contributed by atoms with Crippen LogP contribution in [0.1, 0.15) is 49.4 Å². The van der Waals surface area contributed by atoms with Crippen molar-refractivity contribution in [3.8, 4) is 28.7 Å². The zero-order valence-electron chi connectivity index (χ0n) is 15.5. The lowest BCUT2D eigenvalue weighted by atomic mass is 9.86. The number of ether oxygens (including phenoxy) is 2. The van der Waals surface area contributed by atoms with Gasteiger partial charge in [-0.1, -0.05) is 19.4 Å². The number of pyridine rings is 1. The SMILES string of the molecule is CCCCOc1ccc(-c2c(C#N)c(N)nc3c2CCCC3)cc1OC. The fourth-order valence-corrected chi connectivity index (χ4v) is 3.46. The Morgan fingerprint density at radius 1 is 1.23 bits per heavy atom. The summed E-state index contributed by atoms with van der Waals surface area (Å²) in [5.74, 6) is 1.70. The van der Waals surface area contributed by atoms with Crippen LogP contribution in [0, 0.1) is 11.3 Å². The molecular formula is C21H25N3O2. The number of nitrogen functional groups attached to an aromatic ring is 1. The van der Waals surface area contributed by atoms with E-state index in [1.165, 1.54) is 0 Å². The van der Waals surface area contributed by atoms with E-state index in [9.17, 15) is 5.26 Å². The minimum absolute atomic E-state index is 0.311. The van der Waals surface area contributed by atoms with E-state index in [0.29, 0.717) is 23.7 Å². The van der Waals surface area contributed by atoms with Gasteiger partial charge in [-0.25, -0.2) is 4.98 Å². The first-order chi connectivity index (χ1) is 12.7. The second-order valence-electron chi connectivity index (χ2n) is 6.56. The third kappa shape index (κ3) is 3.45. The Morgan fingerprint density at radius 3 is 2.77 bits per heavy atom. The molecule has 26 heavy (non-hydrogen) atoms. The number of benzene rings is 1. The van der Waals surface area contributed by atoms with Crippen molar-refractivity contribution in [3.63, 3.8) is 0 Å². The van der Waals surface area contributed by atoms with Crippen LogP contribution in [0.25, 0.3) is 11.1 Å². The quantitative estimate of drug-likeness (QED) is 0.786. The minimum Gasteiger partial charge on any atom is -0.493 e. The summed E-state index contributed by atoms with van der Waals surface area (Å²) in [6.45, 7) is 2.79. The molecule has 0 bridgehead atoms. The second-order valence-corrected chi connectivity index (χ2v) is 6.56. The highest BCUT2D eigenvalue weighted by Gasteiger charge is 2.22. The molecule has 3 rings (SSSR count). The Bertz CT molecular complexity index is 840. The van der Waals surface area contributed by atoms with Gasteiger partial charge in [-0.2, -0.15) is 5.26 Å². The van der Waals surface area contributed by atoms with Crippen molar-refractivity contribution in [1.82, 2.24) is 4.98 Å². The number of aromatic nitrogens is 1. The number of rotatable bonds is 6. The van der Waals surface area contributed by atoms with Crippen LogP contribution in [0.2, 0.25) is 0 Å². The van der Waals surface area contributed by atoms with Crippen LogP contribution in [0.15, 0.2) is 18.2 Å².